The summed E-state index contributed by atoms with van der Waals surface area (Å²) in [6.07, 6.45) is 4.55. The number of hydrogen-bond donors (Lipinski definition) is 2. The highest BCUT2D eigenvalue weighted by Gasteiger charge is 2.23. The van der Waals surface area contributed by atoms with Gasteiger partial charge in [-0.3, -0.25) is 4.79 Å². The van der Waals surface area contributed by atoms with Gasteiger partial charge in [0, 0.05) is 42.5 Å². The number of para-hydroxylation sites is 1. The second kappa shape index (κ2) is 11.3. The maximum atomic E-state index is 12.7. The molecule has 2 N–H and O–H groups in total. The van der Waals surface area contributed by atoms with Gasteiger partial charge in [0.1, 0.15) is 10.8 Å². The van der Waals surface area contributed by atoms with E-state index in [-0.39, 0.29) is 5.91 Å². The zero-order valence-electron chi connectivity index (χ0n) is 21.7. The normalized spacial score (nSPS) is 17.5. The predicted octanol–water partition coefficient (Wildman–Crippen LogP) is 5.46. The third-order valence-corrected chi connectivity index (χ3v) is 8.08. The molecule has 0 spiro atoms. The van der Waals surface area contributed by atoms with Gasteiger partial charge in [0.25, 0.3) is 0 Å². The Bertz CT molecular complexity index is 1360. The molecule has 0 aliphatic heterocycles. The standard InChI is InChI=1S/C29H34N6OS/c1-19-25(32-28(37-19)21-9-5-4-6-10-21)17-26(36)30-18-20-13-15-22(16-14-20)31-29-33-24-12-8-7-11-23(24)27(34-29)35(2)3/h4-12,20,22H,13-18H2,1-3H3,(H,30,36)(H,31,33,34)/t20-,22+. The van der Waals surface area contributed by atoms with Gasteiger partial charge in [-0.2, -0.15) is 4.98 Å². The first kappa shape index (κ1) is 25.1. The van der Waals surface area contributed by atoms with Crippen LogP contribution in [-0.4, -0.2) is 47.5 Å². The maximum absolute atomic E-state index is 12.7. The number of carbonyl (C=O) groups is 1. The number of benzene rings is 2. The van der Waals surface area contributed by atoms with Crippen molar-refractivity contribution in [2.75, 3.05) is 30.9 Å². The summed E-state index contributed by atoms with van der Waals surface area (Å²) < 4.78 is 0. The lowest BCUT2D eigenvalue weighted by Gasteiger charge is -2.29. The Hall–Kier alpha value is -3.52. The first-order valence-corrected chi connectivity index (χ1v) is 13.8. The Kier molecular flexibility index (Phi) is 7.65. The molecule has 1 aliphatic rings. The lowest BCUT2D eigenvalue weighted by molar-refractivity contribution is -0.120. The van der Waals surface area contributed by atoms with Gasteiger partial charge in [0.15, 0.2) is 0 Å². The van der Waals surface area contributed by atoms with Crippen molar-refractivity contribution in [2.45, 2.75) is 45.1 Å². The third-order valence-electron chi connectivity index (χ3n) is 7.02. The zero-order valence-corrected chi connectivity index (χ0v) is 22.5. The topological polar surface area (TPSA) is 83.0 Å². The fraction of sp³-hybridized carbons (Fsp3) is 0.379. The summed E-state index contributed by atoms with van der Waals surface area (Å²) in [5.74, 6) is 2.16. The van der Waals surface area contributed by atoms with Crippen molar-refractivity contribution >= 4 is 39.9 Å². The molecule has 7 nitrogen and oxygen atoms in total. The number of carbonyl (C=O) groups excluding carboxylic acids is 1. The summed E-state index contributed by atoms with van der Waals surface area (Å²) in [5, 5.41) is 8.75. The van der Waals surface area contributed by atoms with Crippen LogP contribution >= 0.6 is 11.3 Å². The molecule has 0 bridgehead atoms. The molecule has 192 valence electrons. The highest BCUT2D eigenvalue weighted by atomic mass is 32.1. The summed E-state index contributed by atoms with van der Waals surface area (Å²) in [6, 6.07) is 18.6. The van der Waals surface area contributed by atoms with Crippen molar-refractivity contribution in [1.82, 2.24) is 20.3 Å². The van der Waals surface area contributed by atoms with E-state index in [1.165, 1.54) is 0 Å². The van der Waals surface area contributed by atoms with Crippen molar-refractivity contribution in [2.24, 2.45) is 5.92 Å². The van der Waals surface area contributed by atoms with Crippen molar-refractivity contribution in [3.05, 3.63) is 65.2 Å². The summed E-state index contributed by atoms with van der Waals surface area (Å²) in [7, 11) is 4.02. The molecule has 4 aromatic rings. The predicted molar refractivity (Wildman–Crippen MR) is 152 cm³/mol. The fourth-order valence-corrected chi connectivity index (χ4v) is 5.86. The van der Waals surface area contributed by atoms with Crippen LogP contribution in [0.25, 0.3) is 21.5 Å². The van der Waals surface area contributed by atoms with Crippen LogP contribution in [0.15, 0.2) is 54.6 Å². The van der Waals surface area contributed by atoms with E-state index < -0.39 is 0 Å². The average molecular weight is 515 g/mol. The van der Waals surface area contributed by atoms with Crippen molar-refractivity contribution in [1.29, 1.82) is 0 Å². The van der Waals surface area contributed by atoms with Gasteiger partial charge < -0.3 is 15.5 Å². The minimum absolute atomic E-state index is 0.0500. The second-order valence-corrected chi connectivity index (χ2v) is 11.2. The van der Waals surface area contributed by atoms with Gasteiger partial charge in [0.2, 0.25) is 11.9 Å². The van der Waals surface area contributed by atoms with Crippen molar-refractivity contribution in [3.63, 3.8) is 0 Å². The van der Waals surface area contributed by atoms with Gasteiger partial charge in [-0.05, 0) is 50.7 Å². The molecule has 5 rings (SSSR count). The van der Waals surface area contributed by atoms with Gasteiger partial charge >= 0.3 is 0 Å². The number of hydrogen-bond acceptors (Lipinski definition) is 7. The zero-order chi connectivity index (χ0) is 25.8. The molecule has 2 aromatic carbocycles. The Balaban J connectivity index is 1.11. The first-order valence-electron chi connectivity index (χ1n) is 13.0. The van der Waals surface area contributed by atoms with E-state index in [2.05, 4.69) is 28.8 Å². The number of nitrogens with zero attached hydrogens (tertiary/aromatic N) is 4. The number of aromatic nitrogens is 3. The van der Waals surface area contributed by atoms with Crippen LogP contribution in [0, 0.1) is 12.8 Å². The number of nitrogens with one attached hydrogen (secondary N) is 2. The summed E-state index contributed by atoms with van der Waals surface area (Å²) in [4.78, 5) is 30.1. The number of anilines is 2. The monoisotopic (exact) mass is 514 g/mol. The summed E-state index contributed by atoms with van der Waals surface area (Å²) >= 11 is 1.65. The molecule has 1 fully saturated rings. The van der Waals surface area contributed by atoms with E-state index in [0.717, 1.165) is 70.1 Å². The molecule has 0 unspecified atom stereocenters. The summed E-state index contributed by atoms with van der Waals surface area (Å²) in [5.41, 5.74) is 2.92. The van der Waals surface area contributed by atoms with Crippen LogP contribution in [0.4, 0.5) is 11.8 Å². The average Bonchev–Trinajstić information content (AvgIpc) is 3.28. The molecular formula is C29H34N6OS. The van der Waals surface area contributed by atoms with Gasteiger partial charge in [-0.1, -0.05) is 42.5 Å². The van der Waals surface area contributed by atoms with Gasteiger partial charge in [-0.25, -0.2) is 9.97 Å². The maximum Gasteiger partial charge on any atom is 0.226 e. The molecule has 8 heteroatoms. The van der Waals surface area contributed by atoms with E-state index in [1.54, 1.807) is 11.3 Å². The van der Waals surface area contributed by atoms with Crippen LogP contribution in [0.1, 0.15) is 36.3 Å². The van der Waals surface area contributed by atoms with Crippen LogP contribution in [0.5, 0.6) is 0 Å². The quantitative estimate of drug-likeness (QED) is 0.325. The Labute approximate surface area is 222 Å². The number of amides is 1. The molecule has 37 heavy (non-hydrogen) atoms. The number of thiazole rings is 1. The lowest BCUT2D eigenvalue weighted by atomic mass is 9.86. The van der Waals surface area contributed by atoms with Crippen molar-refractivity contribution in [3.8, 4) is 10.6 Å². The number of aryl methyl sites for hydroxylation is 1. The van der Waals surface area contributed by atoms with Crippen LogP contribution in [-0.2, 0) is 11.2 Å². The Morgan fingerprint density at radius 1 is 0.973 bits per heavy atom. The minimum Gasteiger partial charge on any atom is -0.362 e. The first-order chi connectivity index (χ1) is 18.0. The molecule has 0 atom stereocenters. The largest absolute Gasteiger partial charge is 0.362 e. The second-order valence-electron chi connectivity index (χ2n) is 10.0. The van der Waals surface area contributed by atoms with E-state index in [4.69, 9.17) is 15.0 Å². The molecule has 1 saturated carbocycles. The molecule has 0 saturated heterocycles. The molecule has 1 aliphatic carbocycles. The highest BCUT2D eigenvalue weighted by molar-refractivity contribution is 7.15. The molecule has 2 aromatic heterocycles. The molecular weight excluding hydrogens is 480 g/mol. The Morgan fingerprint density at radius 2 is 1.70 bits per heavy atom. The third kappa shape index (κ3) is 6.07. The highest BCUT2D eigenvalue weighted by Crippen LogP contribution is 2.29. The molecule has 2 heterocycles. The van der Waals surface area contributed by atoms with E-state index >= 15 is 0 Å². The summed E-state index contributed by atoms with van der Waals surface area (Å²) in [6.45, 7) is 2.76. The van der Waals surface area contributed by atoms with E-state index in [0.29, 0.717) is 24.3 Å². The van der Waals surface area contributed by atoms with Crippen LogP contribution in [0.3, 0.4) is 0 Å². The fourth-order valence-electron chi connectivity index (χ4n) is 4.93. The van der Waals surface area contributed by atoms with Crippen LogP contribution in [0.2, 0.25) is 0 Å². The minimum atomic E-state index is 0.0500. The number of rotatable bonds is 8. The smallest absolute Gasteiger partial charge is 0.226 e. The van der Waals surface area contributed by atoms with Crippen molar-refractivity contribution < 1.29 is 4.79 Å². The van der Waals surface area contributed by atoms with E-state index in [9.17, 15) is 4.79 Å². The van der Waals surface area contributed by atoms with Gasteiger partial charge in [0.05, 0.1) is 17.6 Å². The Morgan fingerprint density at radius 3 is 2.46 bits per heavy atom. The van der Waals surface area contributed by atoms with Crippen LogP contribution < -0.4 is 15.5 Å². The molecule has 1 amide bonds. The lowest BCUT2D eigenvalue weighted by Crippen LogP contribution is -2.35. The van der Waals surface area contributed by atoms with E-state index in [1.807, 2.05) is 62.3 Å². The number of fused-ring (bicyclic) bond motifs is 1. The van der Waals surface area contributed by atoms with Gasteiger partial charge in [-0.15, -0.1) is 11.3 Å². The molecule has 0 radical (unpaired) electrons. The SMILES string of the molecule is Cc1sc(-c2ccccc2)nc1CC(=O)NC[C@H]1CC[C@@H](Nc2nc(N(C)C)c3ccccc3n2)CC1.